The van der Waals surface area contributed by atoms with E-state index in [1.165, 1.54) is 7.11 Å². The number of methoxy groups -OCH3 is 1. The maximum atomic E-state index is 11.7. The standard InChI is InChI=1S/C12H32O5Si4/c1-14-12(13)11-21(10,16-19(5,6)7)17-20(8,9)15-18(2,3)4/h11H2,1-10H3. The van der Waals surface area contributed by atoms with Gasteiger partial charge in [0.1, 0.15) is 0 Å². The number of ether oxygens (including phenoxy) is 1. The quantitative estimate of drug-likeness (QED) is 0.483. The Hall–Kier alpha value is 0.218. The molecule has 0 saturated carbocycles. The van der Waals surface area contributed by atoms with Gasteiger partial charge in [-0.3, -0.25) is 4.79 Å². The lowest BCUT2D eigenvalue weighted by atomic mass is 10.8. The van der Waals surface area contributed by atoms with Crippen LogP contribution in [0.4, 0.5) is 0 Å². The van der Waals surface area contributed by atoms with Crippen molar-refractivity contribution in [3.8, 4) is 0 Å². The molecule has 0 aromatic carbocycles. The number of rotatable bonds is 8. The fraction of sp³-hybridized carbons (Fsp3) is 0.917. The van der Waals surface area contributed by atoms with Crippen LogP contribution in [-0.2, 0) is 21.9 Å². The number of hydrogen-bond acceptors (Lipinski definition) is 5. The zero-order valence-corrected chi connectivity index (χ0v) is 19.2. The summed E-state index contributed by atoms with van der Waals surface area (Å²) in [6, 6.07) is 0.208. The molecule has 0 amide bonds. The molecule has 21 heavy (non-hydrogen) atoms. The van der Waals surface area contributed by atoms with Crippen molar-refractivity contribution in [1.82, 2.24) is 0 Å². The van der Waals surface area contributed by atoms with Gasteiger partial charge in [-0.05, 0) is 58.9 Å². The number of esters is 1. The first kappa shape index (κ1) is 21.2. The second-order valence-corrected chi connectivity index (χ2v) is 24.1. The van der Waals surface area contributed by atoms with Gasteiger partial charge in [0, 0.05) is 0 Å². The minimum atomic E-state index is -2.66. The Balaban J connectivity index is 5.17. The zero-order valence-electron chi connectivity index (χ0n) is 15.2. The van der Waals surface area contributed by atoms with Gasteiger partial charge in [0.15, 0.2) is 16.6 Å². The smallest absolute Gasteiger partial charge is 0.327 e. The van der Waals surface area contributed by atoms with E-state index in [-0.39, 0.29) is 12.0 Å². The highest BCUT2D eigenvalue weighted by atomic mass is 28.5. The third-order valence-corrected chi connectivity index (χ3v) is 15.4. The molecule has 0 saturated heterocycles. The number of hydrogen-bond donors (Lipinski definition) is 0. The summed E-state index contributed by atoms with van der Waals surface area (Å²) in [5, 5.41) is 0. The number of carbonyl (C=O) groups excluding carboxylic acids is 1. The van der Waals surface area contributed by atoms with E-state index in [0.29, 0.717) is 0 Å². The van der Waals surface area contributed by atoms with Gasteiger partial charge in [-0.25, -0.2) is 0 Å². The maximum absolute atomic E-state index is 11.7. The molecule has 0 aliphatic rings. The van der Waals surface area contributed by atoms with Crippen LogP contribution in [0.15, 0.2) is 0 Å². The fourth-order valence-electron chi connectivity index (χ4n) is 2.35. The third kappa shape index (κ3) is 10.6. The second-order valence-electron chi connectivity index (χ2n) is 7.82. The van der Waals surface area contributed by atoms with Gasteiger partial charge in [-0.2, -0.15) is 0 Å². The molecule has 9 heteroatoms. The third-order valence-electron chi connectivity index (χ3n) is 2.23. The molecule has 0 bridgehead atoms. The SMILES string of the molecule is COC(=O)C[Si](C)(O[Si](C)(C)C)O[Si](C)(C)O[Si](C)(C)C. The van der Waals surface area contributed by atoms with Crippen molar-refractivity contribution >= 4 is 39.7 Å². The molecule has 1 atom stereocenters. The van der Waals surface area contributed by atoms with Crippen molar-refractivity contribution in [2.75, 3.05) is 7.11 Å². The van der Waals surface area contributed by atoms with Crippen LogP contribution in [-0.4, -0.2) is 46.8 Å². The van der Waals surface area contributed by atoms with Gasteiger partial charge in [-0.15, -0.1) is 0 Å². The summed E-state index contributed by atoms with van der Waals surface area (Å²) in [4.78, 5) is 11.7. The molecule has 0 aliphatic carbocycles. The van der Waals surface area contributed by atoms with Crippen molar-refractivity contribution in [2.45, 2.75) is 65.0 Å². The van der Waals surface area contributed by atoms with Crippen LogP contribution in [0.3, 0.4) is 0 Å². The van der Waals surface area contributed by atoms with Gasteiger partial charge >= 0.3 is 23.1 Å². The van der Waals surface area contributed by atoms with Gasteiger partial charge in [-0.1, -0.05) is 0 Å². The van der Waals surface area contributed by atoms with Crippen molar-refractivity contribution in [1.29, 1.82) is 0 Å². The summed E-state index contributed by atoms with van der Waals surface area (Å²) >= 11 is 0. The minimum Gasteiger partial charge on any atom is -0.469 e. The molecule has 0 aromatic heterocycles. The van der Waals surface area contributed by atoms with E-state index in [1.54, 1.807) is 0 Å². The molecule has 0 fully saturated rings. The fourth-order valence-corrected chi connectivity index (χ4v) is 19.9. The van der Waals surface area contributed by atoms with Crippen molar-refractivity contribution < 1.29 is 21.9 Å². The first-order chi connectivity index (χ1) is 9.08. The molecule has 126 valence electrons. The van der Waals surface area contributed by atoms with Crippen LogP contribution in [0.5, 0.6) is 0 Å². The molecular weight excluding hydrogens is 336 g/mol. The summed E-state index contributed by atoms with van der Waals surface area (Å²) in [6.45, 7) is 18.7. The van der Waals surface area contributed by atoms with Crippen LogP contribution in [0, 0.1) is 0 Å². The summed E-state index contributed by atoms with van der Waals surface area (Å²) in [5.41, 5.74) is 0. The Kier molecular flexibility index (Phi) is 7.27. The van der Waals surface area contributed by atoms with E-state index in [2.05, 4.69) is 39.3 Å². The van der Waals surface area contributed by atoms with Crippen LogP contribution in [0.1, 0.15) is 0 Å². The maximum Gasteiger partial charge on any atom is 0.327 e. The van der Waals surface area contributed by atoms with Gasteiger partial charge in [0.25, 0.3) is 0 Å². The predicted molar refractivity (Wildman–Crippen MR) is 95.9 cm³/mol. The Bertz CT molecular complexity index is 362. The van der Waals surface area contributed by atoms with Crippen LogP contribution in [0.2, 0.25) is 65.0 Å². The molecule has 0 aromatic rings. The lowest BCUT2D eigenvalue weighted by Gasteiger charge is -2.40. The highest BCUT2D eigenvalue weighted by Gasteiger charge is 2.46. The molecule has 1 unspecified atom stereocenters. The van der Waals surface area contributed by atoms with Gasteiger partial charge < -0.3 is 17.1 Å². The normalized spacial score (nSPS) is 16.5. The van der Waals surface area contributed by atoms with Gasteiger partial charge in [0.05, 0.1) is 13.2 Å². The minimum absolute atomic E-state index is 0.208. The first-order valence-corrected chi connectivity index (χ1v) is 19.4. The van der Waals surface area contributed by atoms with E-state index in [9.17, 15) is 4.79 Å². The largest absolute Gasteiger partial charge is 0.469 e. The van der Waals surface area contributed by atoms with E-state index >= 15 is 0 Å². The zero-order chi connectivity index (χ0) is 17.1. The summed E-state index contributed by atoms with van der Waals surface area (Å²) in [5.74, 6) is -0.278. The molecule has 0 rings (SSSR count). The molecule has 0 N–H and O–H groups in total. The average molecular weight is 369 g/mol. The summed E-state index contributed by atoms with van der Waals surface area (Å²) in [6.07, 6.45) is 0. The topological polar surface area (TPSA) is 54.0 Å². The Morgan fingerprint density at radius 1 is 0.762 bits per heavy atom. The average Bonchev–Trinajstić information content (AvgIpc) is 2.07. The molecule has 0 spiro atoms. The lowest BCUT2D eigenvalue weighted by Crippen LogP contribution is -2.57. The Morgan fingerprint density at radius 3 is 1.52 bits per heavy atom. The highest BCUT2D eigenvalue weighted by Crippen LogP contribution is 2.26. The molecule has 0 aliphatic heterocycles. The first-order valence-electron chi connectivity index (χ1n) is 7.25. The molecule has 5 nitrogen and oxygen atoms in total. The van der Waals surface area contributed by atoms with E-state index in [0.717, 1.165) is 0 Å². The van der Waals surface area contributed by atoms with Crippen molar-refractivity contribution in [2.24, 2.45) is 0 Å². The molecule has 0 radical (unpaired) electrons. The lowest BCUT2D eigenvalue weighted by molar-refractivity contribution is -0.138. The Labute approximate surface area is 134 Å². The van der Waals surface area contributed by atoms with E-state index in [1.807, 2.05) is 19.6 Å². The van der Waals surface area contributed by atoms with Crippen molar-refractivity contribution in [3.63, 3.8) is 0 Å². The van der Waals surface area contributed by atoms with Crippen LogP contribution in [0.25, 0.3) is 0 Å². The molecule has 0 heterocycles. The monoisotopic (exact) mass is 368 g/mol. The van der Waals surface area contributed by atoms with E-state index in [4.69, 9.17) is 17.1 Å². The predicted octanol–water partition coefficient (Wildman–Crippen LogP) is 3.65. The second kappa shape index (κ2) is 7.19. The van der Waals surface area contributed by atoms with Gasteiger partial charge in [0.2, 0.25) is 0 Å². The van der Waals surface area contributed by atoms with Crippen LogP contribution < -0.4 is 0 Å². The summed E-state index contributed by atoms with van der Waals surface area (Å²) < 4.78 is 23.7. The Morgan fingerprint density at radius 2 is 1.19 bits per heavy atom. The van der Waals surface area contributed by atoms with Crippen LogP contribution >= 0.6 is 0 Å². The highest BCUT2D eigenvalue weighted by molar-refractivity contribution is 6.90. The van der Waals surface area contributed by atoms with E-state index < -0.39 is 33.8 Å². The number of carbonyl (C=O) groups is 1. The molecular formula is C12H32O5Si4. The van der Waals surface area contributed by atoms with Crippen molar-refractivity contribution in [3.05, 3.63) is 0 Å². The summed E-state index contributed by atoms with van der Waals surface area (Å²) in [7, 11) is -7.13.